The summed E-state index contributed by atoms with van der Waals surface area (Å²) in [5.41, 5.74) is 3.13. The second-order valence-electron chi connectivity index (χ2n) is 8.84. The molecule has 1 fully saturated rings. The summed E-state index contributed by atoms with van der Waals surface area (Å²) in [7, 11) is 1.70. The monoisotopic (exact) mass is 423 g/mol. The normalized spacial score (nSPS) is 17.2. The van der Waals surface area contributed by atoms with Gasteiger partial charge in [0.2, 0.25) is 0 Å². The van der Waals surface area contributed by atoms with E-state index in [4.69, 9.17) is 11.3 Å². The van der Waals surface area contributed by atoms with Gasteiger partial charge in [0.25, 0.3) is 11.7 Å². The van der Waals surface area contributed by atoms with Crippen molar-refractivity contribution >= 4 is 23.0 Å². The van der Waals surface area contributed by atoms with Crippen molar-refractivity contribution in [1.82, 2.24) is 5.32 Å². The summed E-state index contributed by atoms with van der Waals surface area (Å²) in [5.74, 6) is 0.761. The molecule has 31 heavy (non-hydrogen) atoms. The number of rotatable bonds is 8. The Bertz CT molecular complexity index is 905. The average Bonchev–Trinajstić information content (AvgIpc) is 3.24. The maximum atomic E-state index is 12.8. The van der Waals surface area contributed by atoms with Crippen LogP contribution in [-0.4, -0.2) is 45.0 Å². The number of piperidine rings is 1. The molecule has 1 amide bonds. The molecule has 0 saturated carbocycles. The molecule has 1 saturated heterocycles. The van der Waals surface area contributed by atoms with Gasteiger partial charge < -0.3 is 25.1 Å². The minimum Gasteiger partial charge on any atom is -0.383 e. The van der Waals surface area contributed by atoms with Gasteiger partial charge in [-0.1, -0.05) is 25.6 Å². The third kappa shape index (κ3) is 5.72. The third-order valence-corrected chi connectivity index (χ3v) is 6.07. The first-order valence-electron chi connectivity index (χ1n) is 10.9. The van der Waals surface area contributed by atoms with Crippen LogP contribution in [0, 0.1) is 12.5 Å². The Morgan fingerprint density at radius 1 is 1.35 bits per heavy atom. The Kier molecular flexibility index (Phi) is 7.47. The van der Waals surface area contributed by atoms with Gasteiger partial charge in [0.05, 0.1) is 18.0 Å². The predicted molar refractivity (Wildman–Crippen MR) is 125 cm³/mol. The maximum Gasteiger partial charge on any atom is 0.294 e. The van der Waals surface area contributed by atoms with Crippen molar-refractivity contribution in [2.75, 3.05) is 43.6 Å². The van der Waals surface area contributed by atoms with Crippen molar-refractivity contribution in [3.8, 4) is 0 Å². The highest BCUT2D eigenvalue weighted by molar-refractivity contribution is 6.44. The van der Waals surface area contributed by atoms with Crippen LogP contribution in [0.1, 0.15) is 45.6 Å². The standard InChI is InChI=1S/C24H33N5O2/c1-17-10-13-29(14-11-17)21-16-18(24(2,3)26-12-15-31-5)6-7-19(21)28-23(30)20-8-9-22(25-4)27-20/h6-7,9,16-17,26H,8,10-15H2,1-3,5H3,(H,28,30). The Morgan fingerprint density at radius 2 is 2.10 bits per heavy atom. The van der Waals surface area contributed by atoms with Gasteiger partial charge >= 0.3 is 0 Å². The second kappa shape index (κ2) is 10.1. The van der Waals surface area contributed by atoms with E-state index in [1.807, 2.05) is 6.07 Å². The van der Waals surface area contributed by atoms with Crippen LogP contribution in [0.5, 0.6) is 0 Å². The Morgan fingerprint density at radius 3 is 2.74 bits per heavy atom. The molecular weight excluding hydrogens is 390 g/mol. The van der Waals surface area contributed by atoms with E-state index in [0.29, 0.717) is 18.7 Å². The number of aliphatic imine (C=N–C) groups is 1. The summed E-state index contributed by atoms with van der Waals surface area (Å²) in [4.78, 5) is 22.6. The lowest BCUT2D eigenvalue weighted by molar-refractivity contribution is -0.110. The van der Waals surface area contributed by atoms with E-state index in [1.54, 1.807) is 13.2 Å². The predicted octanol–water partition coefficient (Wildman–Crippen LogP) is 3.94. The molecule has 0 unspecified atom stereocenters. The van der Waals surface area contributed by atoms with E-state index in [9.17, 15) is 4.79 Å². The number of allylic oxidation sites excluding steroid dienone is 1. The first-order valence-corrected chi connectivity index (χ1v) is 10.9. The highest BCUT2D eigenvalue weighted by Crippen LogP contribution is 2.34. The molecule has 1 aromatic rings. The molecule has 0 radical (unpaired) electrons. The quantitative estimate of drug-likeness (QED) is 0.491. The van der Waals surface area contributed by atoms with Crippen molar-refractivity contribution in [1.29, 1.82) is 0 Å². The van der Waals surface area contributed by atoms with E-state index < -0.39 is 0 Å². The lowest BCUT2D eigenvalue weighted by atomic mass is 9.92. The van der Waals surface area contributed by atoms with Gasteiger partial charge in [-0.2, -0.15) is 0 Å². The van der Waals surface area contributed by atoms with Gasteiger partial charge in [-0.15, -0.1) is 4.99 Å². The first kappa shape index (κ1) is 23.0. The number of nitrogens with zero attached hydrogens (tertiary/aromatic N) is 3. The fourth-order valence-electron chi connectivity index (χ4n) is 3.93. The number of methoxy groups -OCH3 is 1. The van der Waals surface area contributed by atoms with Crippen LogP contribution < -0.4 is 15.5 Å². The summed E-state index contributed by atoms with van der Waals surface area (Å²) in [6.45, 7) is 17.0. The molecule has 1 aromatic carbocycles. The number of benzene rings is 1. The van der Waals surface area contributed by atoms with E-state index in [2.05, 4.69) is 58.3 Å². The number of hydrogen-bond acceptors (Lipinski definition) is 5. The number of carbonyl (C=O) groups is 1. The van der Waals surface area contributed by atoms with Crippen molar-refractivity contribution in [2.45, 2.75) is 45.6 Å². The number of anilines is 2. The number of hydrogen-bond donors (Lipinski definition) is 2. The molecule has 0 atom stereocenters. The molecule has 2 heterocycles. The number of ether oxygens (including phenoxy) is 1. The van der Waals surface area contributed by atoms with Gasteiger partial charge in [-0.3, -0.25) is 4.79 Å². The van der Waals surface area contributed by atoms with Gasteiger partial charge in [-0.05, 0) is 50.3 Å². The number of amides is 1. The minimum absolute atomic E-state index is 0.233. The smallest absolute Gasteiger partial charge is 0.294 e. The minimum atomic E-state index is -0.244. The third-order valence-electron chi connectivity index (χ3n) is 6.07. The zero-order valence-electron chi connectivity index (χ0n) is 19.0. The van der Waals surface area contributed by atoms with E-state index >= 15 is 0 Å². The topological polar surface area (TPSA) is 70.3 Å². The maximum absolute atomic E-state index is 12.8. The van der Waals surface area contributed by atoms with E-state index in [1.165, 1.54) is 0 Å². The average molecular weight is 424 g/mol. The SMILES string of the molecule is [C-]#[N+]C1=CCC(C(=O)Nc2ccc(C(C)(C)NCCOC)cc2N2CCC(C)CC2)=N1. The molecule has 3 rings (SSSR count). The summed E-state index contributed by atoms with van der Waals surface area (Å²) < 4.78 is 5.18. The summed E-state index contributed by atoms with van der Waals surface area (Å²) >= 11 is 0. The molecule has 0 aromatic heterocycles. The highest BCUT2D eigenvalue weighted by Gasteiger charge is 2.26. The van der Waals surface area contributed by atoms with Crippen LogP contribution >= 0.6 is 0 Å². The van der Waals surface area contributed by atoms with Gasteiger partial charge in [0, 0.05) is 38.7 Å². The number of nitrogens with one attached hydrogen (secondary N) is 2. The molecule has 7 heteroatoms. The van der Waals surface area contributed by atoms with E-state index in [-0.39, 0.29) is 17.3 Å². The summed E-state index contributed by atoms with van der Waals surface area (Å²) in [6.07, 6.45) is 4.36. The molecular formula is C24H33N5O2. The van der Waals surface area contributed by atoms with Crippen LogP contribution in [0.15, 0.2) is 35.1 Å². The van der Waals surface area contributed by atoms with Gasteiger partial charge in [0.15, 0.2) is 5.71 Å². The molecule has 0 aliphatic carbocycles. The molecule has 2 aliphatic rings. The van der Waals surface area contributed by atoms with Gasteiger partial charge in [-0.25, -0.2) is 0 Å². The molecule has 166 valence electrons. The molecule has 0 spiro atoms. The van der Waals surface area contributed by atoms with Crippen molar-refractivity contribution in [2.24, 2.45) is 10.9 Å². The van der Waals surface area contributed by atoms with Crippen LogP contribution in [-0.2, 0) is 15.1 Å². The Labute approximate surface area is 185 Å². The summed E-state index contributed by atoms with van der Waals surface area (Å²) in [6, 6.07) is 6.23. The fraction of sp³-hybridized carbons (Fsp3) is 0.542. The summed E-state index contributed by atoms with van der Waals surface area (Å²) in [5, 5.41) is 6.59. The lowest BCUT2D eigenvalue weighted by Crippen LogP contribution is -2.39. The molecule has 2 aliphatic heterocycles. The van der Waals surface area contributed by atoms with Crippen molar-refractivity contribution in [3.05, 3.63) is 47.1 Å². The van der Waals surface area contributed by atoms with Gasteiger partial charge in [0.1, 0.15) is 0 Å². The highest BCUT2D eigenvalue weighted by atomic mass is 16.5. The second-order valence-corrected chi connectivity index (χ2v) is 8.84. The fourth-order valence-corrected chi connectivity index (χ4v) is 3.93. The van der Waals surface area contributed by atoms with Crippen molar-refractivity contribution in [3.63, 3.8) is 0 Å². The first-order chi connectivity index (χ1) is 14.8. The van der Waals surface area contributed by atoms with Crippen molar-refractivity contribution < 1.29 is 9.53 Å². The lowest BCUT2D eigenvalue weighted by Gasteiger charge is -2.35. The molecule has 0 bridgehead atoms. The van der Waals surface area contributed by atoms with Crippen LogP contribution in [0.3, 0.4) is 0 Å². The van der Waals surface area contributed by atoms with Crippen LogP contribution in [0.2, 0.25) is 0 Å². The van der Waals surface area contributed by atoms with Crippen LogP contribution in [0.25, 0.3) is 4.85 Å². The zero-order chi connectivity index (χ0) is 22.4. The molecule has 7 nitrogen and oxygen atoms in total. The van der Waals surface area contributed by atoms with E-state index in [0.717, 1.165) is 55.3 Å². The Balaban J connectivity index is 1.86. The zero-order valence-corrected chi connectivity index (χ0v) is 19.0. The molecule has 2 N–H and O–H groups in total. The Hall–Kier alpha value is -2.69. The number of carbonyl (C=O) groups excluding carboxylic acids is 1. The van der Waals surface area contributed by atoms with Crippen LogP contribution in [0.4, 0.5) is 11.4 Å². The largest absolute Gasteiger partial charge is 0.383 e.